The van der Waals surface area contributed by atoms with E-state index in [1.165, 1.54) is 6.20 Å². The Hall–Kier alpha value is -1.30. The van der Waals surface area contributed by atoms with Crippen molar-refractivity contribution in [1.82, 2.24) is 4.98 Å². The van der Waals surface area contributed by atoms with E-state index < -0.39 is 18.4 Å². The molecule has 0 saturated carbocycles. The summed E-state index contributed by atoms with van der Waals surface area (Å²) < 4.78 is 37.2. The highest BCUT2D eigenvalue weighted by Crippen LogP contribution is 2.27. The smallest absolute Gasteiger partial charge is 0.360 e. The van der Waals surface area contributed by atoms with Crippen molar-refractivity contribution in [3.63, 3.8) is 0 Å². The number of aromatic nitrogens is 1. The van der Waals surface area contributed by atoms with Gasteiger partial charge >= 0.3 is 6.18 Å². The van der Waals surface area contributed by atoms with Crippen LogP contribution in [0.25, 0.3) is 10.9 Å². The third kappa shape index (κ3) is 2.69. The minimum absolute atomic E-state index is 0.0739. The predicted octanol–water partition coefficient (Wildman–Crippen LogP) is 4.07. The van der Waals surface area contributed by atoms with Gasteiger partial charge in [0.05, 0.1) is 0 Å². The average Bonchev–Trinajstić information content (AvgIpc) is 2.57. The summed E-state index contributed by atoms with van der Waals surface area (Å²) in [6, 6.07) is 5.00. The Morgan fingerprint density at radius 1 is 1.35 bits per heavy atom. The van der Waals surface area contributed by atoms with Crippen LogP contribution in [0.4, 0.5) is 13.2 Å². The first-order chi connectivity index (χ1) is 7.87. The number of halogens is 4. The molecule has 1 aromatic carbocycles. The summed E-state index contributed by atoms with van der Waals surface area (Å²) in [6.45, 7) is 0. The Kier molecular flexibility index (Phi) is 2.99. The molecule has 0 aliphatic heterocycles. The summed E-state index contributed by atoms with van der Waals surface area (Å²) >= 11 is 3.24. The number of ketones is 1. The van der Waals surface area contributed by atoms with Gasteiger partial charge in [-0.15, -0.1) is 0 Å². The Balaban J connectivity index is 2.40. The lowest BCUT2D eigenvalue weighted by Gasteiger charge is -2.04. The Morgan fingerprint density at radius 2 is 2.06 bits per heavy atom. The molecule has 0 unspecified atom stereocenters. The van der Waals surface area contributed by atoms with Crippen LogP contribution in [0.5, 0.6) is 0 Å². The normalized spacial score (nSPS) is 12.0. The zero-order valence-corrected chi connectivity index (χ0v) is 10.0. The fourth-order valence-corrected chi connectivity index (χ4v) is 1.97. The highest BCUT2D eigenvalue weighted by atomic mass is 79.9. The van der Waals surface area contributed by atoms with Crippen LogP contribution in [0.2, 0.25) is 0 Å². The molecular formula is C11H7BrF3NO. The van der Waals surface area contributed by atoms with Crippen molar-refractivity contribution in [3.8, 4) is 0 Å². The van der Waals surface area contributed by atoms with E-state index in [-0.39, 0.29) is 5.56 Å². The van der Waals surface area contributed by atoms with Gasteiger partial charge < -0.3 is 4.98 Å². The SMILES string of the molecule is O=C(CC(F)(F)F)c1c[nH]c2cc(Br)ccc12. The fourth-order valence-electron chi connectivity index (χ4n) is 1.61. The Bertz CT molecular complexity index is 574. The first-order valence-electron chi connectivity index (χ1n) is 4.73. The number of alkyl halides is 3. The lowest BCUT2D eigenvalue weighted by Crippen LogP contribution is -2.14. The molecule has 90 valence electrons. The van der Waals surface area contributed by atoms with Crippen LogP contribution in [-0.4, -0.2) is 16.9 Å². The van der Waals surface area contributed by atoms with Gasteiger partial charge in [0.1, 0.15) is 6.42 Å². The zero-order chi connectivity index (χ0) is 12.6. The van der Waals surface area contributed by atoms with Gasteiger partial charge in [-0.1, -0.05) is 22.0 Å². The summed E-state index contributed by atoms with van der Waals surface area (Å²) in [5.74, 6) is -0.925. The maximum atomic E-state index is 12.1. The van der Waals surface area contributed by atoms with Crippen LogP contribution in [0, 0.1) is 0 Å². The van der Waals surface area contributed by atoms with Crippen molar-refractivity contribution in [2.45, 2.75) is 12.6 Å². The van der Waals surface area contributed by atoms with E-state index in [2.05, 4.69) is 20.9 Å². The van der Waals surface area contributed by atoms with Crippen LogP contribution in [0.1, 0.15) is 16.8 Å². The van der Waals surface area contributed by atoms with E-state index in [1.54, 1.807) is 18.2 Å². The molecule has 0 fully saturated rings. The highest BCUT2D eigenvalue weighted by molar-refractivity contribution is 9.10. The van der Waals surface area contributed by atoms with Crippen molar-refractivity contribution in [2.75, 3.05) is 0 Å². The molecule has 0 aliphatic rings. The minimum atomic E-state index is -4.48. The molecule has 0 aliphatic carbocycles. The summed E-state index contributed by atoms with van der Waals surface area (Å²) in [4.78, 5) is 14.2. The number of fused-ring (bicyclic) bond motifs is 1. The van der Waals surface area contributed by atoms with Crippen LogP contribution in [-0.2, 0) is 0 Å². The number of hydrogen-bond acceptors (Lipinski definition) is 1. The van der Waals surface area contributed by atoms with E-state index >= 15 is 0 Å². The van der Waals surface area contributed by atoms with Gasteiger partial charge in [0, 0.05) is 27.1 Å². The summed E-state index contributed by atoms with van der Waals surface area (Å²) in [5.41, 5.74) is 0.703. The number of aromatic amines is 1. The molecule has 0 bridgehead atoms. The first-order valence-corrected chi connectivity index (χ1v) is 5.53. The van der Waals surface area contributed by atoms with Gasteiger partial charge in [0.25, 0.3) is 0 Å². The van der Waals surface area contributed by atoms with E-state index in [0.717, 1.165) is 4.47 Å². The van der Waals surface area contributed by atoms with Crippen LogP contribution in [0.15, 0.2) is 28.9 Å². The summed E-state index contributed by atoms with van der Waals surface area (Å²) in [6.07, 6.45) is -4.60. The lowest BCUT2D eigenvalue weighted by molar-refractivity contribution is -0.125. The summed E-state index contributed by atoms with van der Waals surface area (Å²) in [7, 11) is 0. The monoisotopic (exact) mass is 305 g/mol. The van der Waals surface area contributed by atoms with Crippen molar-refractivity contribution in [2.24, 2.45) is 0 Å². The molecule has 2 aromatic rings. The molecule has 6 heteroatoms. The second-order valence-corrected chi connectivity index (χ2v) is 4.52. The van der Waals surface area contributed by atoms with Gasteiger partial charge in [-0.05, 0) is 12.1 Å². The lowest BCUT2D eigenvalue weighted by atomic mass is 10.1. The number of carbonyl (C=O) groups excluding carboxylic acids is 1. The molecule has 1 N–H and O–H groups in total. The van der Waals surface area contributed by atoms with E-state index in [9.17, 15) is 18.0 Å². The molecule has 2 nitrogen and oxygen atoms in total. The van der Waals surface area contributed by atoms with Crippen molar-refractivity contribution in [3.05, 3.63) is 34.4 Å². The van der Waals surface area contributed by atoms with Crippen LogP contribution >= 0.6 is 15.9 Å². The number of carbonyl (C=O) groups is 1. The molecule has 0 atom stereocenters. The van der Waals surface area contributed by atoms with Gasteiger partial charge in [0.15, 0.2) is 5.78 Å². The molecule has 1 heterocycles. The Labute approximate surface area is 103 Å². The van der Waals surface area contributed by atoms with E-state index in [1.807, 2.05) is 0 Å². The molecule has 0 saturated heterocycles. The molecule has 1 aromatic heterocycles. The maximum Gasteiger partial charge on any atom is 0.396 e. The standard InChI is InChI=1S/C11H7BrF3NO/c12-6-1-2-7-8(5-16-9(7)3-6)10(17)4-11(13,14)15/h1-3,5,16H,4H2. The number of benzene rings is 1. The van der Waals surface area contributed by atoms with Crippen LogP contribution in [0.3, 0.4) is 0 Å². The molecule has 2 rings (SSSR count). The molecule has 0 spiro atoms. The van der Waals surface area contributed by atoms with Crippen molar-refractivity contribution in [1.29, 1.82) is 0 Å². The number of H-pyrrole nitrogens is 1. The molecule has 0 amide bonds. The van der Waals surface area contributed by atoms with Gasteiger partial charge in [-0.3, -0.25) is 4.79 Å². The number of nitrogens with one attached hydrogen (secondary N) is 1. The largest absolute Gasteiger partial charge is 0.396 e. The maximum absolute atomic E-state index is 12.1. The fraction of sp³-hybridized carbons (Fsp3) is 0.182. The van der Waals surface area contributed by atoms with E-state index in [0.29, 0.717) is 10.9 Å². The first kappa shape index (κ1) is 12.2. The summed E-state index contributed by atoms with van der Waals surface area (Å²) in [5, 5.41) is 0.502. The number of rotatable bonds is 2. The van der Waals surface area contributed by atoms with Crippen molar-refractivity contribution < 1.29 is 18.0 Å². The van der Waals surface area contributed by atoms with Gasteiger partial charge in [0.2, 0.25) is 0 Å². The highest BCUT2D eigenvalue weighted by Gasteiger charge is 2.32. The second kappa shape index (κ2) is 4.18. The third-order valence-electron chi connectivity index (χ3n) is 2.31. The van der Waals surface area contributed by atoms with E-state index in [4.69, 9.17) is 0 Å². The van der Waals surface area contributed by atoms with Gasteiger partial charge in [-0.2, -0.15) is 13.2 Å². The van der Waals surface area contributed by atoms with Crippen LogP contribution < -0.4 is 0 Å². The molecule has 0 radical (unpaired) electrons. The van der Waals surface area contributed by atoms with Gasteiger partial charge in [-0.25, -0.2) is 0 Å². The number of hydrogen-bond donors (Lipinski definition) is 1. The topological polar surface area (TPSA) is 32.9 Å². The molecular weight excluding hydrogens is 299 g/mol. The predicted molar refractivity (Wildman–Crippen MR) is 61.0 cm³/mol. The minimum Gasteiger partial charge on any atom is -0.360 e. The average molecular weight is 306 g/mol. The van der Waals surface area contributed by atoms with Crippen molar-refractivity contribution >= 4 is 32.6 Å². The molecule has 17 heavy (non-hydrogen) atoms. The third-order valence-corrected chi connectivity index (χ3v) is 2.80. The Morgan fingerprint density at radius 3 is 2.71 bits per heavy atom. The quantitative estimate of drug-likeness (QED) is 0.834. The number of Topliss-reactive ketones (excluding diaryl/α,β-unsaturated/α-hetero) is 1. The zero-order valence-electron chi connectivity index (χ0n) is 8.44. The second-order valence-electron chi connectivity index (χ2n) is 3.61.